The largest absolute Gasteiger partial charge is 0.421 e. The summed E-state index contributed by atoms with van der Waals surface area (Å²) in [4.78, 5) is 16.1. The molecule has 5 nitrogen and oxygen atoms in total. The van der Waals surface area contributed by atoms with Crippen LogP contribution in [0.1, 0.15) is 19.8 Å². The van der Waals surface area contributed by atoms with Crippen molar-refractivity contribution in [3.8, 4) is 0 Å². The number of hydrogen-bond donors (Lipinski definition) is 1. The topological polar surface area (TPSA) is 60.1 Å². The van der Waals surface area contributed by atoms with Crippen LogP contribution < -0.4 is 11.1 Å². The van der Waals surface area contributed by atoms with Crippen LogP contribution in [0.25, 0.3) is 11.2 Å². The van der Waals surface area contributed by atoms with Gasteiger partial charge in [0.25, 0.3) is 0 Å². The molecule has 18 heavy (non-hydrogen) atoms. The average molecular weight is 247 g/mol. The van der Waals surface area contributed by atoms with Crippen LogP contribution in [0.4, 0.5) is 0 Å². The molecule has 2 heterocycles. The number of likely N-dealkylation sites (N-methyl/N-ethyl adjacent to an activating group) is 1. The molecule has 5 heteroatoms. The summed E-state index contributed by atoms with van der Waals surface area (Å²) in [6, 6.07) is 3.90. The van der Waals surface area contributed by atoms with Gasteiger partial charge in [-0.2, -0.15) is 0 Å². The second-order valence-electron chi connectivity index (χ2n) is 4.81. The summed E-state index contributed by atoms with van der Waals surface area (Å²) in [6.45, 7) is 3.64. The molecule has 0 amide bonds. The van der Waals surface area contributed by atoms with Crippen molar-refractivity contribution in [1.29, 1.82) is 0 Å². The molecule has 1 unspecified atom stereocenters. The van der Waals surface area contributed by atoms with E-state index in [0.717, 1.165) is 6.54 Å². The Morgan fingerprint density at radius 3 is 3.17 bits per heavy atom. The summed E-state index contributed by atoms with van der Waals surface area (Å²) in [5, 5.41) is 3.45. The summed E-state index contributed by atoms with van der Waals surface area (Å²) < 4.78 is 6.84. The molecule has 0 aliphatic heterocycles. The van der Waals surface area contributed by atoms with E-state index in [4.69, 9.17) is 4.42 Å². The second-order valence-corrected chi connectivity index (χ2v) is 4.81. The van der Waals surface area contributed by atoms with E-state index in [0.29, 0.717) is 29.7 Å². The summed E-state index contributed by atoms with van der Waals surface area (Å²) in [5.74, 6) is 0.373. The highest BCUT2D eigenvalue weighted by Gasteiger charge is 2.31. The standard InChI is InChI=1S/C13H17N3O2/c1-2-14-10(9-5-6-9)8-16-12-11(18-13(16)17)4-3-7-15-12/h3-4,7,9-10,14H,2,5-6,8H2,1H3. The molecule has 0 aromatic carbocycles. The van der Waals surface area contributed by atoms with Gasteiger partial charge in [0.15, 0.2) is 11.2 Å². The predicted octanol–water partition coefficient (Wildman–Crippen LogP) is 1.38. The lowest BCUT2D eigenvalue weighted by Crippen LogP contribution is -2.37. The third-order valence-electron chi connectivity index (χ3n) is 3.46. The lowest BCUT2D eigenvalue weighted by Gasteiger charge is -2.16. The fourth-order valence-corrected chi connectivity index (χ4v) is 2.40. The maximum atomic E-state index is 11.8. The van der Waals surface area contributed by atoms with Gasteiger partial charge >= 0.3 is 5.76 Å². The number of hydrogen-bond acceptors (Lipinski definition) is 4. The number of nitrogens with one attached hydrogen (secondary N) is 1. The third-order valence-corrected chi connectivity index (χ3v) is 3.46. The van der Waals surface area contributed by atoms with E-state index < -0.39 is 0 Å². The number of pyridine rings is 1. The lowest BCUT2D eigenvalue weighted by molar-refractivity contribution is 0.396. The molecule has 2 aromatic heterocycles. The maximum absolute atomic E-state index is 11.8. The van der Waals surface area contributed by atoms with Gasteiger partial charge in [0.2, 0.25) is 0 Å². The Morgan fingerprint density at radius 1 is 1.61 bits per heavy atom. The van der Waals surface area contributed by atoms with Crippen LogP contribution in [0.2, 0.25) is 0 Å². The zero-order valence-corrected chi connectivity index (χ0v) is 10.4. The van der Waals surface area contributed by atoms with Crippen molar-refractivity contribution in [2.75, 3.05) is 6.54 Å². The van der Waals surface area contributed by atoms with E-state index in [2.05, 4.69) is 17.2 Å². The zero-order chi connectivity index (χ0) is 12.5. The maximum Gasteiger partial charge on any atom is 0.421 e. The molecule has 2 aromatic rings. The van der Waals surface area contributed by atoms with E-state index in [1.165, 1.54) is 12.8 Å². The first-order chi connectivity index (χ1) is 8.79. The van der Waals surface area contributed by atoms with E-state index in [9.17, 15) is 4.79 Å². The van der Waals surface area contributed by atoms with E-state index in [1.54, 1.807) is 22.9 Å². The molecule has 1 aliphatic carbocycles. The van der Waals surface area contributed by atoms with Gasteiger partial charge in [-0.15, -0.1) is 0 Å². The number of nitrogens with zero attached hydrogens (tertiary/aromatic N) is 2. The molecule has 0 radical (unpaired) electrons. The minimum absolute atomic E-state index is 0.313. The highest BCUT2D eigenvalue weighted by molar-refractivity contribution is 5.67. The number of oxazole rings is 1. The summed E-state index contributed by atoms with van der Waals surface area (Å²) >= 11 is 0. The first kappa shape index (κ1) is 11.5. The van der Waals surface area contributed by atoms with Crippen LogP contribution >= 0.6 is 0 Å². The Kier molecular flexibility index (Phi) is 2.91. The van der Waals surface area contributed by atoms with Gasteiger partial charge in [-0.3, -0.25) is 4.57 Å². The van der Waals surface area contributed by atoms with E-state index in [1.807, 2.05) is 0 Å². The van der Waals surface area contributed by atoms with Crippen molar-refractivity contribution in [2.24, 2.45) is 5.92 Å². The van der Waals surface area contributed by atoms with Gasteiger partial charge in [-0.05, 0) is 37.4 Å². The fourth-order valence-electron chi connectivity index (χ4n) is 2.40. The molecule has 1 saturated carbocycles. The Hall–Kier alpha value is -1.62. The molecular formula is C13H17N3O2. The molecule has 0 bridgehead atoms. The average Bonchev–Trinajstić information content (AvgIpc) is 3.15. The van der Waals surface area contributed by atoms with E-state index in [-0.39, 0.29) is 5.76 Å². The van der Waals surface area contributed by atoms with Crippen molar-refractivity contribution >= 4 is 11.2 Å². The summed E-state index contributed by atoms with van der Waals surface area (Å²) in [7, 11) is 0. The summed E-state index contributed by atoms with van der Waals surface area (Å²) in [6.07, 6.45) is 4.18. The van der Waals surface area contributed by atoms with Gasteiger partial charge in [0.1, 0.15) is 0 Å². The summed E-state index contributed by atoms with van der Waals surface area (Å²) in [5.41, 5.74) is 1.21. The van der Waals surface area contributed by atoms with Crippen LogP contribution in [0.5, 0.6) is 0 Å². The molecule has 1 atom stereocenters. The molecule has 96 valence electrons. The molecule has 1 N–H and O–H groups in total. The fraction of sp³-hybridized carbons (Fsp3) is 0.538. The van der Waals surface area contributed by atoms with Gasteiger partial charge in [-0.25, -0.2) is 9.78 Å². The van der Waals surface area contributed by atoms with Crippen molar-refractivity contribution in [3.63, 3.8) is 0 Å². The van der Waals surface area contributed by atoms with Crippen molar-refractivity contribution in [2.45, 2.75) is 32.4 Å². The third kappa shape index (κ3) is 2.06. The molecule has 0 spiro atoms. The predicted molar refractivity (Wildman–Crippen MR) is 68.5 cm³/mol. The number of aromatic nitrogens is 2. The quantitative estimate of drug-likeness (QED) is 0.867. The van der Waals surface area contributed by atoms with Gasteiger partial charge in [0, 0.05) is 18.8 Å². The first-order valence-electron chi connectivity index (χ1n) is 6.47. The van der Waals surface area contributed by atoms with Crippen molar-refractivity contribution in [3.05, 3.63) is 28.9 Å². The Labute approximate surface area is 105 Å². The SMILES string of the molecule is CCNC(Cn1c(=O)oc2cccnc21)C1CC1. The monoisotopic (exact) mass is 247 g/mol. The Morgan fingerprint density at radius 2 is 2.44 bits per heavy atom. The van der Waals surface area contributed by atoms with Gasteiger partial charge in [-0.1, -0.05) is 6.92 Å². The lowest BCUT2D eigenvalue weighted by atomic mass is 10.2. The van der Waals surface area contributed by atoms with E-state index >= 15 is 0 Å². The molecule has 1 fully saturated rings. The minimum Gasteiger partial charge on any atom is -0.406 e. The smallest absolute Gasteiger partial charge is 0.406 e. The van der Waals surface area contributed by atoms with Crippen LogP contribution in [0.3, 0.4) is 0 Å². The van der Waals surface area contributed by atoms with Gasteiger partial charge in [0.05, 0.1) is 0 Å². The van der Waals surface area contributed by atoms with Crippen molar-refractivity contribution in [1.82, 2.24) is 14.9 Å². The van der Waals surface area contributed by atoms with Crippen LogP contribution in [-0.2, 0) is 6.54 Å². The molecule has 3 rings (SSSR count). The normalized spacial score (nSPS) is 17.2. The first-order valence-corrected chi connectivity index (χ1v) is 6.47. The highest BCUT2D eigenvalue weighted by Crippen LogP contribution is 2.33. The van der Waals surface area contributed by atoms with Crippen molar-refractivity contribution < 1.29 is 4.42 Å². The van der Waals surface area contributed by atoms with Crippen LogP contribution in [0, 0.1) is 5.92 Å². The Bertz CT molecular complexity index is 598. The molecule has 1 aliphatic rings. The molecule has 0 saturated heterocycles. The second kappa shape index (κ2) is 4.57. The number of rotatable bonds is 5. The minimum atomic E-state index is -0.313. The van der Waals surface area contributed by atoms with Gasteiger partial charge < -0.3 is 9.73 Å². The number of fused-ring (bicyclic) bond motifs is 1. The molecular weight excluding hydrogens is 230 g/mol. The van der Waals surface area contributed by atoms with Crippen LogP contribution in [-0.4, -0.2) is 22.1 Å². The zero-order valence-electron chi connectivity index (χ0n) is 10.4. The van der Waals surface area contributed by atoms with Crippen LogP contribution in [0.15, 0.2) is 27.5 Å². The highest BCUT2D eigenvalue weighted by atomic mass is 16.4. The Balaban J connectivity index is 1.93.